The van der Waals surface area contributed by atoms with Crippen LogP contribution in [0, 0.1) is 0 Å². The third-order valence-electron chi connectivity index (χ3n) is 5.35. The van der Waals surface area contributed by atoms with Gasteiger partial charge in [-0.25, -0.2) is 0 Å². The van der Waals surface area contributed by atoms with E-state index in [1.165, 1.54) is 11.3 Å². The zero-order chi connectivity index (χ0) is 23.7. The Morgan fingerprint density at radius 1 is 1.12 bits per heavy atom. The quantitative estimate of drug-likeness (QED) is 0.579. The molecule has 7 nitrogen and oxygen atoms in total. The first-order valence-electron chi connectivity index (χ1n) is 10.3. The molecule has 3 aromatic rings. The van der Waals surface area contributed by atoms with Crippen LogP contribution in [0.4, 0.5) is 5.69 Å². The minimum Gasteiger partial charge on any atom is -0.497 e. The highest BCUT2D eigenvalue weighted by Crippen LogP contribution is 2.32. The number of carbonyl (C=O) groups is 1. The highest BCUT2D eigenvalue weighted by atomic mass is 35.5. The van der Waals surface area contributed by atoms with Crippen molar-refractivity contribution in [1.82, 2.24) is 9.47 Å². The van der Waals surface area contributed by atoms with Gasteiger partial charge in [-0.1, -0.05) is 11.6 Å². The van der Waals surface area contributed by atoms with Gasteiger partial charge in [0, 0.05) is 41.0 Å². The van der Waals surface area contributed by atoms with Crippen molar-refractivity contribution in [1.29, 1.82) is 0 Å². The number of hydrogen-bond acceptors (Lipinski definition) is 6. The molecule has 0 bridgehead atoms. The number of fused-ring (bicyclic) bond motifs is 1. The maximum Gasteiger partial charge on any atom is 0.269 e. The highest BCUT2D eigenvalue weighted by molar-refractivity contribution is 7.07. The van der Waals surface area contributed by atoms with Gasteiger partial charge in [0.2, 0.25) is 0 Å². The Morgan fingerprint density at radius 2 is 1.91 bits per heavy atom. The van der Waals surface area contributed by atoms with E-state index in [9.17, 15) is 9.59 Å². The number of likely N-dealkylation sites (N-methyl/N-ethyl adjacent to an activating group) is 1. The first kappa shape index (κ1) is 23.1. The summed E-state index contributed by atoms with van der Waals surface area (Å²) in [5, 5.41) is 3.40. The first-order chi connectivity index (χ1) is 15.8. The topological polar surface area (TPSA) is 72.8 Å². The summed E-state index contributed by atoms with van der Waals surface area (Å²) in [7, 11) is 7.04. The number of methoxy groups -OCH3 is 2. The molecule has 0 radical (unpaired) electrons. The lowest BCUT2D eigenvalue weighted by Crippen LogP contribution is -2.36. The molecule has 1 aromatic heterocycles. The van der Waals surface area contributed by atoms with Gasteiger partial charge >= 0.3 is 0 Å². The van der Waals surface area contributed by atoms with Crippen LogP contribution in [0.2, 0.25) is 5.02 Å². The van der Waals surface area contributed by atoms with Gasteiger partial charge in [-0.15, -0.1) is 11.3 Å². The average Bonchev–Trinajstić information content (AvgIpc) is 3.27. The lowest BCUT2D eigenvalue weighted by molar-refractivity contribution is -0.110. The molecule has 1 aliphatic rings. The largest absolute Gasteiger partial charge is 0.497 e. The van der Waals surface area contributed by atoms with Crippen molar-refractivity contribution in [2.45, 2.75) is 6.54 Å². The summed E-state index contributed by atoms with van der Waals surface area (Å²) < 4.78 is 13.5. The molecule has 2 aromatic carbocycles. The molecule has 1 N–H and O–H groups in total. The lowest BCUT2D eigenvalue weighted by atomic mass is 10.1. The number of anilines is 1. The van der Waals surface area contributed by atoms with Crippen molar-refractivity contribution < 1.29 is 14.3 Å². The van der Waals surface area contributed by atoms with E-state index in [0.29, 0.717) is 55.6 Å². The van der Waals surface area contributed by atoms with Crippen LogP contribution in [0.1, 0.15) is 11.1 Å². The molecule has 0 unspecified atom stereocenters. The average molecular weight is 486 g/mol. The van der Waals surface area contributed by atoms with Gasteiger partial charge < -0.3 is 19.7 Å². The number of hydrogen-bond donors (Lipinski definition) is 1. The first-order valence-corrected chi connectivity index (χ1v) is 11.5. The minimum atomic E-state index is -0.249. The summed E-state index contributed by atoms with van der Waals surface area (Å²) in [6, 6.07) is 10.7. The number of benzene rings is 2. The Hall–Kier alpha value is -3.07. The van der Waals surface area contributed by atoms with E-state index in [4.69, 9.17) is 21.1 Å². The fraction of sp³-hybridized carbons (Fsp3) is 0.250. The molecule has 0 spiro atoms. The Labute approximate surface area is 200 Å². The number of nitrogens with one attached hydrogen (secondary N) is 1. The Morgan fingerprint density at radius 3 is 2.61 bits per heavy atom. The van der Waals surface area contributed by atoms with E-state index in [1.807, 2.05) is 31.1 Å². The molecular weight excluding hydrogens is 462 g/mol. The van der Waals surface area contributed by atoms with Gasteiger partial charge in [0.1, 0.15) is 16.2 Å². The molecule has 0 saturated carbocycles. The molecule has 4 rings (SSSR count). The third-order valence-corrected chi connectivity index (χ3v) is 6.71. The van der Waals surface area contributed by atoms with Crippen LogP contribution in [-0.4, -0.2) is 50.2 Å². The number of thiazole rings is 1. The zero-order valence-corrected chi connectivity index (χ0v) is 20.3. The molecule has 0 atom stereocenters. The fourth-order valence-electron chi connectivity index (χ4n) is 3.64. The summed E-state index contributed by atoms with van der Waals surface area (Å²) in [5.74, 6) is 0.999. The predicted molar refractivity (Wildman–Crippen MR) is 132 cm³/mol. The van der Waals surface area contributed by atoms with Gasteiger partial charge in [0.25, 0.3) is 11.5 Å². The molecule has 9 heteroatoms. The van der Waals surface area contributed by atoms with E-state index in [2.05, 4.69) is 5.32 Å². The molecule has 33 heavy (non-hydrogen) atoms. The van der Waals surface area contributed by atoms with Crippen molar-refractivity contribution in [2.24, 2.45) is 0 Å². The van der Waals surface area contributed by atoms with E-state index >= 15 is 0 Å². The molecular formula is C24H24ClN3O4S. The summed E-state index contributed by atoms with van der Waals surface area (Å²) in [6.45, 7) is 1.09. The SMILES string of the molecule is COc1ccc(C=c2s/c(=C3\C(=O)Nc4ccc(Cl)cc43)n(CCN(C)C)c2=O)c(OC)c1. The molecule has 2 heterocycles. The van der Waals surface area contributed by atoms with Crippen molar-refractivity contribution in [3.8, 4) is 11.5 Å². The molecule has 0 aliphatic carbocycles. The van der Waals surface area contributed by atoms with Gasteiger partial charge in [-0.05, 0) is 50.5 Å². The van der Waals surface area contributed by atoms with Crippen LogP contribution in [-0.2, 0) is 11.3 Å². The van der Waals surface area contributed by atoms with E-state index in [0.717, 1.165) is 5.56 Å². The Bertz CT molecular complexity index is 1410. The summed E-state index contributed by atoms with van der Waals surface area (Å²) in [4.78, 5) is 28.4. The van der Waals surface area contributed by atoms with Crippen LogP contribution >= 0.6 is 22.9 Å². The van der Waals surface area contributed by atoms with E-state index < -0.39 is 0 Å². The van der Waals surface area contributed by atoms with Gasteiger partial charge in [0.15, 0.2) is 0 Å². The van der Waals surface area contributed by atoms with E-state index in [-0.39, 0.29) is 11.5 Å². The van der Waals surface area contributed by atoms with Crippen LogP contribution in [0.25, 0.3) is 11.6 Å². The number of carbonyl (C=O) groups excluding carboxylic acids is 1. The highest BCUT2D eigenvalue weighted by Gasteiger charge is 2.27. The summed E-state index contributed by atoms with van der Waals surface area (Å²) in [5.41, 5.74) is 2.41. The number of rotatable bonds is 6. The molecule has 172 valence electrons. The van der Waals surface area contributed by atoms with Gasteiger partial charge in [-0.3, -0.25) is 14.2 Å². The second-order valence-electron chi connectivity index (χ2n) is 7.80. The summed E-state index contributed by atoms with van der Waals surface area (Å²) >= 11 is 7.49. The molecule has 0 fully saturated rings. The van der Waals surface area contributed by atoms with Crippen molar-refractivity contribution in [2.75, 3.05) is 40.2 Å². The van der Waals surface area contributed by atoms with Crippen LogP contribution in [0.15, 0.2) is 41.2 Å². The Balaban J connectivity index is 1.99. The van der Waals surface area contributed by atoms with Gasteiger partial charge in [-0.2, -0.15) is 0 Å². The third kappa shape index (κ3) is 4.55. The maximum absolute atomic E-state index is 13.5. The zero-order valence-electron chi connectivity index (χ0n) is 18.8. The normalized spacial score (nSPS) is 15.1. The molecule has 1 amide bonds. The monoisotopic (exact) mass is 485 g/mol. The van der Waals surface area contributed by atoms with Gasteiger partial charge in [0.05, 0.1) is 24.3 Å². The lowest BCUT2D eigenvalue weighted by Gasteiger charge is -2.10. The number of nitrogens with zero attached hydrogens (tertiary/aromatic N) is 2. The maximum atomic E-state index is 13.5. The van der Waals surface area contributed by atoms with Crippen molar-refractivity contribution >= 4 is 46.2 Å². The second kappa shape index (κ2) is 9.43. The van der Waals surface area contributed by atoms with Crippen LogP contribution < -0.4 is 29.5 Å². The van der Waals surface area contributed by atoms with Crippen LogP contribution in [0.5, 0.6) is 11.5 Å². The second-order valence-corrected chi connectivity index (χ2v) is 9.27. The van der Waals surface area contributed by atoms with Crippen LogP contribution in [0.3, 0.4) is 0 Å². The smallest absolute Gasteiger partial charge is 0.269 e. The Kier molecular flexibility index (Phi) is 6.60. The van der Waals surface area contributed by atoms with Crippen molar-refractivity contribution in [3.05, 3.63) is 72.1 Å². The summed E-state index contributed by atoms with van der Waals surface area (Å²) in [6.07, 6.45) is 1.78. The standard InChI is InChI=1S/C24H24ClN3O4S/c1-27(2)9-10-28-23(30)20(11-14-5-7-16(31-3)13-19(14)32-4)33-24(28)21-17-12-15(25)6-8-18(17)26-22(21)29/h5-8,11-13H,9-10H2,1-4H3,(H,26,29)/b20-11?,24-21-. The predicted octanol–water partition coefficient (Wildman–Crippen LogP) is 2.12. The molecule has 0 saturated heterocycles. The number of halogens is 1. The number of ether oxygens (including phenoxy) is 2. The van der Waals surface area contributed by atoms with E-state index in [1.54, 1.807) is 49.1 Å². The van der Waals surface area contributed by atoms with Crippen molar-refractivity contribution in [3.63, 3.8) is 0 Å². The fourth-order valence-corrected chi connectivity index (χ4v) is 4.99. The molecule has 1 aliphatic heterocycles. The number of aromatic nitrogens is 1. The number of amides is 1. The minimum absolute atomic E-state index is 0.162.